The SMILES string of the molecule is CS(=O)(=O)Oc1cccc2c1C(=O)NC2=O. The van der Waals surface area contributed by atoms with Crippen molar-refractivity contribution in [2.45, 2.75) is 0 Å². The normalized spacial score (nSPS) is 14.6. The molecule has 1 N–H and O–H groups in total. The highest BCUT2D eigenvalue weighted by molar-refractivity contribution is 7.86. The van der Waals surface area contributed by atoms with Gasteiger partial charge in [-0.3, -0.25) is 14.9 Å². The second-order valence-electron chi connectivity index (χ2n) is 3.25. The fourth-order valence-corrected chi connectivity index (χ4v) is 1.89. The summed E-state index contributed by atoms with van der Waals surface area (Å²) in [6.45, 7) is 0. The van der Waals surface area contributed by atoms with Crippen LogP contribution in [0.5, 0.6) is 5.75 Å². The third kappa shape index (κ3) is 1.76. The molecule has 84 valence electrons. The predicted octanol–water partition coefficient (Wildman–Crippen LogP) is -0.0914. The van der Waals surface area contributed by atoms with Crippen molar-refractivity contribution in [2.24, 2.45) is 0 Å². The third-order valence-electron chi connectivity index (χ3n) is 1.97. The van der Waals surface area contributed by atoms with Crippen LogP contribution < -0.4 is 9.50 Å². The maximum absolute atomic E-state index is 11.4. The van der Waals surface area contributed by atoms with Crippen molar-refractivity contribution in [2.75, 3.05) is 6.26 Å². The molecule has 0 aliphatic carbocycles. The summed E-state index contributed by atoms with van der Waals surface area (Å²) in [4.78, 5) is 22.6. The van der Waals surface area contributed by atoms with Crippen molar-refractivity contribution in [1.82, 2.24) is 5.32 Å². The first-order chi connectivity index (χ1) is 7.38. The first-order valence-corrected chi connectivity index (χ1v) is 6.08. The lowest BCUT2D eigenvalue weighted by atomic mass is 10.1. The van der Waals surface area contributed by atoms with Crippen LogP contribution in [0.3, 0.4) is 0 Å². The maximum atomic E-state index is 11.4. The molecule has 0 fully saturated rings. The first kappa shape index (κ1) is 10.6. The van der Waals surface area contributed by atoms with Gasteiger partial charge in [-0.25, -0.2) is 0 Å². The van der Waals surface area contributed by atoms with E-state index in [-0.39, 0.29) is 16.9 Å². The Bertz CT molecular complexity index is 590. The van der Waals surface area contributed by atoms with Crippen molar-refractivity contribution in [3.8, 4) is 5.75 Å². The van der Waals surface area contributed by atoms with E-state index in [0.29, 0.717) is 0 Å². The number of carbonyl (C=O) groups excluding carboxylic acids is 2. The summed E-state index contributed by atoms with van der Waals surface area (Å²) in [6, 6.07) is 4.18. The summed E-state index contributed by atoms with van der Waals surface area (Å²) in [6.07, 6.45) is 0.862. The van der Waals surface area contributed by atoms with Gasteiger partial charge in [0.25, 0.3) is 11.8 Å². The Labute approximate surface area is 91.3 Å². The highest BCUT2D eigenvalue weighted by Gasteiger charge is 2.31. The van der Waals surface area contributed by atoms with Gasteiger partial charge < -0.3 is 4.18 Å². The van der Waals surface area contributed by atoms with E-state index in [0.717, 1.165) is 6.26 Å². The molecule has 0 spiro atoms. The molecule has 0 bridgehead atoms. The zero-order valence-electron chi connectivity index (χ0n) is 8.18. The summed E-state index contributed by atoms with van der Waals surface area (Å²) in [5.74, 6) is -1.35. The Hall–Kier alpha value is -1.89. The fourth-order valence-electron chi connectivity index (χ4n) is 1.42. The van der Waals surface area contributed by atoms with Crippen LogP contribution in [-0.2, 0) is 10.1 Å². The minimum atomic E-state index is -3.73. The number of amides is 2. The van der Waals surface area contributed by atoms with Gasteiger partial charge in [0, 0.05) is 0 Å². The molecule has 1 aliphatic heterocycles. The molecule has 1 heterocycles. The zero-order valence-corrected chi connectivity index (χ0v) is 9.00. The van der Waals surface area contributed by atoms with Crippen LogP contribution >= 0.6 is 0 Å². The molecule has 0 atom stereocenters. The van der Waals surface area contributed by atoms with Crippen molar-refractivity contribution < 1.29 is 22.2 Å². The van der Waals surface area contributed by atoms with Gasteiger partial charge in [0.15, 0.2) is 5.75 Å². The number of hydrogen-bond donors (Lipinski definition) is 1. The zero-order chi connectivity index (χ0) is 11.9. The highest BCUT2D eigenvalue weighted by atomic mass is 32.2. The second kappa shape index (κ2) is 3.31. The van der Waals surface area contributed by atoms with E-state index in [1.54, 1.807) is 0 Å². The molecule has 0 unspecified atom stereocenters. The van der Waals surface area contributed by atoms with Gasteiger partial charge in [-0.15, -0.1) is 0 Å². The minimum absolute atomic E-state index is 0.0436. The summed E-state index contributed by atoms with van der Waals surface area (Å²) < 4.78 is 26.5. The summed E-state index contributed by atoms with van der Waals surface area (Å²) >= 11 is 0. The Morgan fingerprint density at radius 2 is 1.88 bits per heavy atom. The fraction of sp³-hybridized carbons (Fsp3) is 0.111. The second-order valence-corrected chi connectivity index (χ2v) is 4.82. The maximum Gasteiger partial charge on any atom is 0.306 e. The van der Waals surface area contributed by atoms with E-state index in [1.807, 2.05) is 0 Å². The third-order valence-corrected chi connectivity index (χ3v) is 2.45. The van der Waals surface area contributed by atoms with Crippen molar-refractivity contribution in [1.29, 1.82) is 0 Å². The van der Waals surface area contributed by atoms with E-state index < -0.39 is 21.9 Å². The molecular formula is C9H7NO5S. The van der Waals surface area contributed by atoms with E-state index in [1.165, 1.54) is 18.2 Å². The number of hydrogen-bond acceptors (Lipinski definition) is 5. The number of imide groups is 1. The standard InChI is InChI=1S/C9H7NO5S/c1-16(13,14)15-6-4-2-3-5-7(6)9(12)10-8(5)11/h2-4H,1H3,(H,10,11,12). The topological polar surface area (TPSA) is 89.5 Å². The van der Waals surface area contributed by atoms with Crippen LogP contribution in [0.1, 0.15) is 20.7 Å². The summed E-state index contributed by atoms with van der Waals surface area (Å²) in [5.41, 5.74) is 0.0732. The first-order valence-electron chi connectivity index (χ1n) is 4.26. The molecule has 0 saturated carbocycles. The van der Waals surface area contributed by atoms with Gasteiger partial charge >= 0.3 is 10.1 Å². The van der Waals surface area contributed by atoms with Crippen LogP contribution in [0.15, 0.2) is 18.2 Å². The Balaban J connectivity index is 2.58. The molecule has 0 radical (unpaired) electrons. The Kier molecular flexibility index (Phi) is 2.20. The predicted molar refractivity (Wildman–Crippen MR) is 53.7 cm³/mol. The molecule has 1 aliphatic rings. The van der Waals surface area contributed by atoms with E-state index in [4.69, 9.17) is 0 Å². The quantitative estimate of drug-likeness (QED) is 0.577. The van der Waals surface area contributed by atoms with E-state index >= 15 is 0 Å². The Morgan fingerprint density at radius 3 is 2.50 bits per heavy atom. The number of rotatable bonds is 2. The smallest absolute Gasteiger partial charge is 0.306 e. The molecule has 0 aromatic heterocycles. The monoisotopic (exact) mass is 241 g/mol. The molecule has 7 heteroatoms. The molecule has 6 nitrogen and oxygen atoms in total. The van der Waals surface area contributed by atoms with Crippen LogP contribution in [0.2, 0.25) is 0 Å². The van der Waals surface area contributed by atoms with Gasteiger partial charge in [0.2, 0.25) is 0 Å². The molecular weight excluding hydrogens is 234 g/mol. The van der Waals surface area contributed by atoms with E-state index in [2.05, 4.69) is 9.50 Å². The van der Waals surface area contributed by atoms with Crippen LogP contribution in [-0.4, -0.2) is 26.5 Å². The molecule has 16 heavy (non-hydrogen) atoms. The lowest BCUT2D eigenvalue weighted by Crippen LogP contribution is -2.20. The molecule has 1 aromatic rings. The van der Waals surface area contributed by atoms with Gasteiger partial charge in [-0.05, 0) is 12.1 Å². The largest absolute Gasteiger partial charge is 0.382 e. The van der Waals surface area contributed by atoms with Crippen LogP contribution in [0.25, 0.3) is 0 Å². The number of carbonyl (C=O) groups is 2. The molecule has 0 saturated heterocycles. The van der Waals surface area contributed by atoms with Crippen LogP contribution in [0, 0.1) is 0 Å². The molecule has 1 aromatic carbocycles. The number of nitrogens with one attached hydrogen (secondary N) is 1. The van der Waals surface area contributed by atoms with Gasteiger partial charge in [0.05, 0.1) is 17.4 Å². The summed E-state index contributed by atoms with van der Waals surface area (Å²) in [5, 5.41) is 2.06. The average molecular weight is 241 g/mol. The highest BCUT2D eigenvalue weighted by Crippen LogP contribution is 2.27. The minimum Gasteiger partial charge on any atom is -0.382 e. The number of fused-ring (bicyclic) bond motifs is 1. The summed E-state index contributed by atoms with van der Waals surface area (Å²) in [7, 11) is -3.73. The van der Waals surface area contributed by atoms with Crippen molar-refractivity contribution in [3.05, 3.63) is 29.3 Å². The van der Waals surface area contributed by atoms with Crippen molar-refractivity contribution in [3.63, 3.8) is 0 Å². The number of benzene rings is 1. The lowest BCUT2D eigenvalue weighted by Gasteiger charge is -2.05. The van der Waals surface area contributed by atoms with Gasteiger partial charge in [-0.1, -0.05) is 6.07 Å². The Morgan fingerprint density at radius 1 is 1.19 bits per heavy atom. The van der Waals surface area contributed by atoms with Crippen molar-refractivity contribution >= 4 is 21.9 Å². The lowest BCUT2D eigenvalue weighted by molar-refractivity contribution is 0.0879. The molecule has 2 amide bonds. The van der Waals surface area contributed by atoms with Gasteiger partial charge in [-0.2, -0.15) is 8.42 Å². The van der Waals surface area contributed by atoms with E-state index in [9.17, 15) is 18.0 Å². The average Bonchev–Trinajstić information content (AvgIpc) is 2.41. The molecule has 2 rings (SSSR count). The van der Waals surface area contributed by atoms with Gasteiger partial charge in [0.1, 0.15) is 0 Å². The van der Waals surface area contributed by atoms with Crippen LogP contribution in [0.4, 0.5) is 0 Å².